The van der Waals surface area contributed by atoms with E-state index >= 15 is 0 Å². The van der Waals surface area contributed by atoms with Crippen LogP contribution in [0, 0.1) is 5.82 Å². The van der Waals surface area contributed by atoms with Crippen molar-refractivity contribution in [3.8, 4) is 0 Å². The van der Waals surface area contributed by atoms with Crippen LogP contribution >= 0.6 is 0 Å². The molecule has 3 nitrogen and oxygen atoms in total. The Labute approximate surface area is 93.7 Å². The second kappa shape index (κ2) is 4.90. The lowest BCUT2D eigenvalue weighted by Crippen LogP contribution is -2.11. The maximum atomic E-state index is 13.0. The van der Waals surface area contributed by atoms with Crippen molar-refractivity contribution in [1.82, 2.24) is 9.55 Å². The van der Waals surface area contributed by atoms with Crippen molar-refractivity contribution in [3.63, 3.8) is 0 Å². The van der Waals surface area contributed by atoms with Crippen LogP contribution in [0.4, 0.5) is 4.39 Å². The van der Waals surface area contributed by atoms with Crippen molar-refractivity contribution in [1.29, 1.82) is 0 Å². The Hall–Kier alpha value is -1.68. The number of hydrogen-bond donors (Lipinski definition) is 1. The average molecular weight is 219 g/mol. The van der Waals surface area contributed by atoms with Crippen LogP contribution in [-0.4, -0.2) is 16.1 Å². The zero-order valence-corrected chi connectivity index (χ0v) is 8.94. The fraction of sp³-hybridized carbons (Fsp3) is 0.250. The van der Waals surface area contributed by atoms with Gasteiger partial charge in [0.15, 0.2) is 0 Å². The van der Waals surface area contributed by atoms with Gasteiger partial charge in [-0.05, 0) is 17.7 Å². The number of nitrogens with two attached hydrogens (primary N) is 1. The van der Waals surface area contributed by atoms with Crippen LogP contribution < -0.4 is 5.73 Å². The molecule has 0 aliphatic rings. The first kappa shape index (κ1) is 10.8. The van der Waals surface area contributed by atoms with Gasteiger partial charge in [0.25, 0.3) is 0 Å². The van der Waals surface area contributed by atoms with Gasteiger partial charge in [-0.1, -0.05) is 12.1 Å². The van der Waals surface area contributed by atoms with E-state index in [2.05, 4.69) is 4.98 Å². The summed E-state index contributed by atoms with van der Waals surface area (Å²) >= 11 is 0. The highest BCUT2D eigenvalue weighted by Crippen LogP contribution is 2.10. The fourth-order valence-electron chi connectivity index (χ4n) is 1.69. The van der Waals surface area contributed by atoms with E-state index < -0.39 is 0 Å². The third-order valence-corrected chi connectivity index (χ3v) is 2.44. The quantitative estimate of drug-likeness (QED) is 0.848. The molecule has 0 aliphatic carbocycles. The molecular weight excluding hydrogens is 205 g/mol. The SMILES string of the molecule is NCCn1cncc1Cc1cccc(F)c1. The standard InChI is InChI=1S/C12H14FN3/c13-11-3-1-2-10(6-11)7-12-8-15-9-16(12)5-4-14/h1-3,6,8-9H,4-5,7,14H2. The topological polar surface area (TPSA) is 43.8 Å². The number of hydrogen-bond acceptors (Lipinski definition) is 2. The van der Waals surface area contributed by atoms with Gasteiger partial charge >= 0.3 is 0 Å². The summed E-state index contributed by atoms with van der Waals surface area (Å²) in [5.74, 6) is -0.206. The van der Waals surface area contributed by atoms with Gasteiger partial charge in [-0.15, -0.1) is 0 Å². The fourth-order valence-corrected chi connectivity index (χ4v) is 1.69. The third-order valence-electron chi connectivity index (χ3n) is 2.44. The van der Waals surface area contributed by atoms with Crippen LogP contribution in [0.5, 0.6) is 0 Å². The highest BCUT2D eigenvalue weighted by molar-refractivity contribution is 5.21. The van der Waals surface area contributed by atoms with Gasteiger partial charge in [0.05, 0.1) is 6.33 Å². The minimum atomic E-state index is -0.206. The van der Waals surface area contributed by atoms with E-state index in [1.165, 1.54) is 6.07 Å². The number of aromatic nitrogens is 2. The monoisotopic (exact) mass is 219 g/mol. The zero-order valence-electron chi connectivity index (χ0n) is 8.94. The summed E-state index contributed by atoms with van der Waals surface area (Å²) in [5.41, 5.74) is 7.49. The lowest BCUT2D eigenvalue weighted by Gasteiger charge is -2.06. The Morgan fingerprint density at radius 3 is 3.00 bits per heavy atom. The molecule has 1 aromatic heterocycles. The van der Waals surface area contributed by atoms with E-state index in [-0.39, 0.29) is 5.82 Å². The molecule has 1 aromatic carbocycles. The average Bonchev–Trinajstić information content (AvgIpc) is 2.66. The molecule has 0 atom stereocenters. The van der Waals surface area contributed by atoms with Gasteiger partial charge in [-0.2, -0.15) is 0 Å². The van der Waals surface area contributed by atoms with E-state index in [0.29, 0.717) is 13.0 Å². The lowest BCUT2D eigenvalue weighted by molar-refractivity contribution is 0.625. The van der Waals surface area contributed by atoms with Crippen LogP contribution in [0.2, 0.25) is 0 Å². The first-order chi connectivity index (χ1) is 7.79. The predicted octanol–water partition coefficient (Wildman–Crippen LogP) is 1.57. The Kier molecular flexibility index (Phi) is 3.31. The van der Waals surface area contributed by atoms with E-state index in [1.54, 1.807) is 24.7 Å². The van der Waals surface area contributed by atoms with E-state index in [9.17, 15) is 4.39 Å². The Balaban J connectivity index is 2.17. The molecule has 2 rings (SSSR count). The van der Waals surface area contributed by atoms with Gasteiger partial charge in [0, 0.05) is 31.4 Å². The van der Waals surface area contributed by atoms with Crippen LogP contribution in [0.15, 0.2) is 36.8 Å². The largest absolute Gasteiger partial charge is 0.333 e. The van der Waals surface area contributed by atoms with Crippen LogP contribution in [0.25, 0.3) is 0 Å². The van der Waals surface area contributed by atoms with Crippen molar-refractivity contribution in [2.24, 2.45) is 5.73 Å². The molecule has 4 heteroatoms. The Bertz CT molecular complexity index is 465. The molecule has 0 fully saturated rings. The molecule has 0 saturated heterocycles. The summed E-state index contributed by atoms with van der Waals surface area (Å²) < 4.78 is 15.0. The van der Waals surface area contributed by atoms with Crippen LogP contribution in [0.3, 0.4) is 0 Å². The first-order valence-electron chi connectivity index (χ1n) is 5.23. The Morgan fingerprint density at radius 1 is 1.38 bits per heavy atom. The number of nitrogens with zero attached hydrogens (tertiary/aromatic N) is 2. The maximum absolute atomic E-state index is 13.0. The van der Waals surface area contributed by atoms with Crippen molar-refractivity contribution in [2.45, 2.75) is 13.0 Å². The van der Waals surface area contributed by atoms with Gasteiger partial charge < -0.3 is 10.3 Å². The molecule has 0 aliphatic heterocycles. The normalized spacial score (nSPS) is 10.6. The summed E-state index contributed by atoms with van der Waals surface area (Å²) in [6.07, 6.45) is 4.22. The van der Waals surface area contributed by atoms with E-state index in [4.69, 9.17) is 5.73 Å². The van der Waals surface area contributed by atoms with Crippen molar-refractivity contribution in [2.75, 3.05) is 6.54 Å². The molecule has 0 spiro atoms. The smallest absolute Gasteiger partial charge is 0.123 e. The first-order valence-corrected chi connectivity index (χ1v) is 5.23. The van der Waals surface area contributed by atoms with Gasteiger partial charge in [-0.3, -0.25) is 0 Å². The minimum Gasteiger partial charge on any atom is -0.333 e. The van der Waals surface area contributed by atoms with Crippen LogP contribution in [-0.2, 0) is 13.0 Å². The predicted molar refractivity (Wildman–Crippen MR) is 60.5 cm³/mol. The number of benzene rings is 1. The lowest BCUT2D eigenvalue weighted by atomic mass is 10.1. The summed E-state index contributed by atoms with van der Waals surface area (Å²) in [6.45, 7) is 1.32. The highest BCUT2D eigenvalue weighted by atomic mass is 19.1. The van der Waals surface area contributed by atoms with Crippen molar-refractivity contribution < 1.29 is 4.39 Å². The summed E-state index contributed by atoms with van der Waals surface area (Å²) in [6, 6.07) is 6.61. The molecule has 2 N–H and O–H groups in total. The zero-order chi connectivity index (χ0) is 11.4. The molecule has 0 bridgehead atoms. The van der Waals surface area contributed by atoms with E-state index in [0.717, 1.165) is 17.8 Å². The number of imidazole rings is 1. The Morgan fingerprint density at radius 2 is 2.25 bits per heavy atom. The second-order valence-electron chi connectivity index (χ2n) is 3.67. The maximum Gasteiger partial charge on any atom is 0.123 e. The van der Waals surface area contributed by atoms with Crippen molar-refractivity contribution in [3.05, 3.63) is 53.9 Å². The molecule has 0 radical (unpaired) electrons. The third kappa shape index (κ3) is 2.46. The van der Waals surface area contributed by atoms with E-state index in [1.807, 2.05) is 10.6 Å². The molecule has 0 unspecified atom stereocenters. The molecule has 2 aromatic rings. The molecular formula is C12H14FN3. The second-order valence-corrected chi connectivity index (χ2v) is 3.67. The summed E-state index contributed by atoms with van der Waals surface area (Å²) in [4.78, 5) is 4.07. The molecule has 0 amide bonds. The molecule has 1 heterocycles. The number of halogens is 1. The van der Waals surface area contributed by atoms with Crippen LogP contribution in [0.1, 0.15) is 11.3 Å². The molecule has 0 saturated carbocycles. The summed E-state index contributed by atoms with van der Waals surface area (Å²) in [5, 5.41) is 0. The van der Waals surface area contributed by atoms with Gasteiger partial charge in [-0.25, -0.2) is 9.37 Å². The minimum absolute atomic E-state index is 0.206. The van der Waals surface area contributed by atoms with Gasteiger partial charge in [0.1, 0.15) is 5.82 Å². The number of rotatable bonds is 4. The van der Waals surface area contributed by atoms with Gasteiger partial charge in [0.2, 0.25) is 0 Å². The summed E-state index contributed by atoms with van der Waals surface area (Å²) in [7, 11) is 0. The molecule has 84 valence electrons. The molecule has 16 heavy (non-hydrogen) atoms. The highest BCUT2D eigenvalue weighted by Gasteiger charge is 2.03. The van der Waals surface area contributed by atoms with Crippen molar-refractivity contribution >= 4 is 0 Å².